The molecular formula is C9H12N2O2. The molecule has 0 spiro atoms. The lowest BCUT2D eigenvalue weighted by atomic mass is 10.1. The predicted molar refractivity (Wildman–Crippen MR) is 45.3 cm³/mol. The molecule has 0 aliphatic carbocycles. The van der Waals surface area contributed by atoms with Gasteiger partial charge in [0.05, 0.1) is 12.5 Å². The van der Waals surface area contributed by atoms with Gasteiger partial charge in [0.15, 0.2) is 0 Å². The van der Waals surface area contributed by atoms with E-state index in [1.54, 1.807) is 13.8 Å². The largest absolute Gasteiger partial charge is 0.278 e. The first-order valence-electron chi connectivity index (χ1n) is 4.30. The highest BCUT2D eigenvalue weighted by Crippen LogP contribution is 2.21. The average molecular weight is 180 g/mol. The van der Waals surface area contributed by atoms with Crippen LogP contribution in [0.2, 0.25) is 0 Å². The smallest absolute Gasteiger partial charge is 0.232 e. The molecule has 1 saturated heterocycles. The number of imide groups is 1. The van der Waals surface area contributed by atoms with Gasteiger partial charge in [-0.25, -0.2) is 0 Å². The zero-order valence-electron chi connectivity index (χ0n) is 7.78. The van der Waals surface area contributed by atoms with Crippen molar-refractivity contribution >= 4 is 11.8 Å². The molecule has 70 valence electrons. The van der Waals surface area contributed by atoms with Crippen molar-refractivity contribution in [3.8, 4) is 6.07 Å². The highest BCUT2D eigenvalue weighted by Gasteiger charge is 2.38. The van der Waals surface area contributed by atoms with Gasteiger partial charge in [-0.15, -0.1) is 0 Å². The van der Waals surface area contributed by atoms with Gasteiger partial charge in [-0.2, -0.15) is 5.26 Å². The van der Waals surface area contributed by atoms with Crippen LogP contribution in [0.3, 0.4) is 0 Å². The van der Waals surface area contributed by atoms with Gasteiger partial charge >= 0.3 is 0 Å². The van der Waals surface area contributed by atoms with E-state index < -0.39 is 0 Å². The second kappa shape index (κ2) is 3.56. The summed E-state index contributed by atoms with van der Waals surface area (Å²) in [7, 11) is 0. The first-order chi connectivity index (χ1) is 6.07. The van der Waals surface area contributed by atoms with Crippen molar-refractivity contribution in [2.24, 2.45) is 5.92 Å². The summed E-state index contributed by atoms with van der Waals surface area (Å²) in [6.07, 6.45) is 0.499. The Hall–Kier alpha value is -1.37. The van der Waals surface area contributed by atoms with Crippen LogP contribution in [0, 0.1) is 17.2 Å². The lowest BCUT2D eigenvalue weighted by Crippen LogP contribution is -2.38. The number of nitrogens with zero attached hydrogens (tertiary/aromatic N) is 2. The Morgan fingerprint density at radius 3 is 2.69 bits per heavy atom. The van der Waals surface area contributed by atoms with E-state index in [0.29, 0.717) is 0 Å². The third kappa shape index (κ3) is 1.69. The molecule has 0 aromatic heterocycles. The summed E-state index contributed by atoms with van der Waals surface area (Å²) in [5.74, 6) is -0.512. The van der Waals surface area contributed by atoms with Gasteiger partial charge in [-0.1, -0.05) is 6.92 Å². The van der Waals surface area contributed by atoms with Gasteiger partial charge in [0, 0.05) is 18.4 Å². The van der Waals surface area contributed by atoms with Crippen LogP contribution >= 0.6 is 0 Å². The van der Waals surface area contributed by atoms with Crippen LogP contribution in [-0.4, -0.2) is 22.8 Å². The van der Waals surface area contributed by atoms with Crippen LogP contribution in [0.25, 0.3) is 0 Å². The number of hydrogen-bond donors (Lipinski definition) is 0. The molecule has 0 bridgehead atoms. The number of rotatable bonds is 2. The van der Waals surface area contributed by atoms with Crippen molar-refractivity contribution in [2.75, 3.05) is 0 Å². The summed E-state index contributed by atoms with van der Waals surface area (Å²) in [6.45, 7) is 3.45. The minimum absolute atomic E-state index is 0.146. The summed E-state index contributed by atoms with van der Waals surface area (Å²) in [5.41, 5.74) is 0. The molecule has 0 N–H and O–H groups in total. The molecule has 1 aliphatic rings. The fourth-order valence-electron chi connectivity index (χ4n) is 1.49. The van der Waals surface area contributed by atoms with Crippen molar-refractivity contribution in [1.29, 1.82) is 5.26 Å². The molecule has 0 radical (unpaired) electrons. The SMILES string of the molecule is CC1CC(=O)N(C(C)CC#N)C1=O. The summed E-state index contributed by atoms with van der Waals surface area (Å²) in [6, 6.07) is 1.67. The third-order valence-electron chi connectivity index (χ3n) is 2.24. The molecule has 4 nitrogen and oxygen atoms in total. The molecule has 0 aromatic rings. The Kier molecular flexibility index (Phi) is 2.66. The van der Waals surface area contributed by atoms with Crippen LogP contribution in [0.5, 0.6) is 0 Å². The Balaban J connectivity index is 2.75. The normalized spacial score (nSPS) is 24.7. The Morgan fingerprint density at radius 1 is 1.69 bits per heavy atom. The van der Waals surface area contributed by atoms with Crippen molar-refractivity contribution in [3.63, 3.8) is 0 Å². The van der Waals surface area contributed by atoms with Crippen LogP contribution < -0.4 is 0 Å². The number of carbonyl (C=O) groups is 2. The highest BCUT2D eigenvalue weighted by molar-refractivity contribution is 6.03. The van der Waals surface area contributed by atoms with Crippen LogP contribution in [0.4, 0.5) is 0 Å². The first kappa shape index (κ1) is 9.72. The monoisotopic (exact) mass is 180 g/mol. The van der Waals surface area contributed by atoms with Crippen molar-refractivity contribution < 1.29 is 9.59 Å². The minimum Gasteiger partial charge on any atom is -0.278 e. The van der Waals surface area contributed by atoms with Gasteiger partial charge in [0.1, 0.15) is 0 Å². The summed E-state index contributed by atoms with van der Waals surface area (Å²) >= 11 is 0. The summed E-state index contributed by atoms with van der Waals surface area (Å²) in [5, 5.41) is 8.44. The summed E-state index contributed by atoms with van der Waals surface area (Å²) < 4.78 is 0. The first-order valence-corrected chi connectivity index (χ1v) is 4.30. The second-order valence-corrected chi connectivity index (χ2v) is 3.42. The maximum absolute atomic E-state index is 11.4. The molecule has 1 aliphatic heterocycles. The van der Waals surface area contributed by atoms with E-state index in [4.69, 9.17) is 5.26 Å². The quantitative estimate of drug-likeness (QED) is 0.587. The van der Waals surface area contributed by atoms with Gasteiger partial charge < -0.3 is 0 Å². The fourth-order valence-corrected chi connectivity index (χ4v) is 1.49. The Morgan fingerprint density at radius 2 is 2.31 bits per heavy atom. The second-order valence-electron chi connectivity index (χ2n) is 3.42. The molecule has 1 fully saturated rings. The summed E-state index contributed by atoms with van der Waals surface area (Å²) in [4.78, 5) is 24.0. The van der Waals surface area contributed by atoms with E-state index in [-0.39, 0.29) is 36.6 Å². The van der Waals surface area contributed by atoms with E-state index >= 15 is 0 Å². The molecule has 2 amide bonds. The predicted octanol–water partition coefficient (Wildman–Crippen LogP) is 0.684. The number of amides is 2. The van der Waals surface area contributed by atoms with Gasteiger partial charge in [-0.05, 0) is 6.92 Å². The van der Waals surface area contributed by atoms with Crippen LogP contribution in [-0.2, 0) is 9.59 Å². The van der Waals surface area contributed by atoms with Crippen molar-refractivity contribution in [3.05, 3.63) is 0 Å². The maximum atomic E-state index is 11.4. The van der Waals surface area contributed by atoms with Gasteiger partial charge in [-0.3, -0.25) is 14.5 Å². The number of likely N-dealkylation sites (tertiary alicyclic amines) is 1. The van der Waals surface area contributed by atoms with E-state index in [1.165, 1.54) is 4.90 Å². The van der Waals surface area contributed by atoms with Crippen LogP contribution in [0.15, 0.2) is 0 Å². The molecule has 1 rings (SSSR count). The minimum atomic E-state index is -0.282. The van der Waals surface area contributed by atoms with E-state index in [2.05, 4.69) is 0 Å². The molecule has 0 aromatic carbocycles. The fraction of sp³-hybridized carbons (Fsp3) is 0.667. The molecular weight excluding hydrogens is 168 g/mol. The lowest BCUT2D eigenvalue weighted by Gasteiger charge is -2.20. The Labute approximate surface area is 77.1 Å². The number of carbonyl (C=O) groups excluding carboxylic acids is 2. The number of nitriles is 1. The zero-order chi connectivity index (χ0) is 10.0. The van der Waals surface area contributed by atoms with E-state index in [9.17, 15) is 9.59 Å². The molecule has 2 atom stereocenters. The zero-order valence-corrected chi connectivity index (χ0v) is 7.78. The van der Waals surface area contributed by atoms with Crippen LogP contribution in [0.1, 0.15) is 26.7 Å². The van der Waals surface area contributed by atoms with Crippen molar-refractivity contribution in [1.82, 2.24) is 4.90 Å². The molecule has 0 saturated carbocycles. The molecule has 4 heteroatoms. The average Bonchev–Trinajstić information content (AvgIpc) is 2.27. The maximum Gasteiger partial charge on any atom is 0.232 e. The molecule has 13 heavy (non-hydrogen) atoms. The highest BCUT2D eigenvalue weighted by atomic mass is 16.2. The van der Waals surface area contributed by atoms with E-state index in [0.717, 1.165) is 0 Å². The Bertz CT molecular complexity index is 280. The topological polar surface area (TPSA) is 61.2 Å². The standard InChI is InChI=1S/C9H12N2O2/c1-6-5-8(12)11(9(6)13)7(2)3-4-10/h6-7H,3,5H2,1-2H3. The lowest BCUT2D eigenvalue weighted by molar-refractivity contribution is -0.141. The molecule has 2 unspecified atom stereocenters. The molecule has 1 heterocycles. The van der Waals surface area contributed by atoms with E-state index in [1.807, 2.05) is 6.07 Å². The van der Waals surface area contributed by atoms with Gasteiger partial charge in [0.25, 0.3) is 0 Å². The third-order valence-corrected chi connectivity index (χ3v) is 2.24. The number of hydrogen-bond acceptors (Lipinski definition) is 3. The van der Waals surface area contributed by atoms with Gasteiger partial charge in [0.2, 0.25) is 11.8 Å². The van der Waals surface area contributed by atoms with Crippen molar-refractivity contribution in [2.45, 2.75) is 32.7 Å².